The monoisotopic (exact) mass is 296 g/mol. The van der Waals surface area contributed by atoms with E-state index >= 15 is 0 Å². The van der Waals surface area contributed by atoms with Gasteiger partial charge in [-0.1, -0.05) is 6.07 Å². The predicted octanol–water partition coefficient (Wildman–Crippen LogP) is 3.44. The van der Waals surface area contributed by atoms with E-state index in [2.05, 4.69) is 10.3 Å². The van der Waals surface area contributed by atoms with Crippen LogP contribution >= 0.6 is 0 Å². The number of rotatable bonds is 3. The van der Waals surface area contributed by atoms with Crippen molar-refractivity contribution in [2.75, 3.05) is 5.32 Å². The summed E-state index contributed by atoms with van der Waals surface area (Å²) in [6.07, 6.45) is -2.38. The van der Waals surface area contributed by atoms with Gasteiger partial charge in [-0.3, -0.25) is 4.79 Å². The van der Waals surface area contributed by atoms with Crippen LogP contribution in [0.15, 0.2) is 41.0 Å². The Balaban J connectivity index is 1.66. The molecule has 0 saturated heterocycles. The van der Waals surface area contributed by atoms with Gasteiger partial charge >= 0.3 is 6.18 Å². The third kappa shape index (κ3) is 2.91. The summed E-state index contributed by atoms with van der Waals surface area (Å²) in [5.74, 6) is -0.0198. The summed E-state index contributed by atoms with van der Waals surface area (Å²) >= 11 is 0. The van der Waals surface area contributed by atoms with E-state index in [9.17, 15) is 18.0 Å². The van der Waals surface area contributed by atoms with Gasteiger partial charge in [-0.05, 0) is 30.7 Å². The summed E-state index contributed by atoms with van der Waals surface area (Å²) in [4.78, 5) is 15.4. The van der Waals surface area contributed by atoms with E-state index in [1.54, 1.807) is 12.1 Å². The highest BCUT2D eigenvalue weighted by molar-refractivity contribution is 5.94. The van der Waals surface area contributed by atoms with E-state index in [4.69, 9.17) is 4.42 Å². The van der Waals surface area contributed by atoms with Gasteiger partial charge in [0, 0.05) is 11.8 Å². The summed E-state index contributed by atoms with van der Waals surface area (Å²) in [5.41, 5.74) is -1.03. The third-order valence-electron chi connectivity index (χ3n) is 3.33. The molecule has 2 heterocycles. The standard InChI is InChI=1S/C14H11F3N2O2/c15-14(16,17)11-4-1-5-12(18-11)19-13(20)9-7-8(9)10-3-2-6-21-10/h1-6,8-9H,7H2,(H,18,19,20)/t8-,9-/m1/s1. The van der Waals surface area contributed by atoms with Crippen LogP contribution in [0, 0.1) is 5.92 Å². The number of nitrogens with one attached hydrogen (secondary N) is 1. The maximum Gasteiger partial charge on any atom is 0.433 e. The minimum atomic E-state index is -4.53. The number of alkyl halides is 3. The number of hydrogen-bond donors (Lipinski definition) is 1. The molecule has 0 aliphatic heterocycles. The average molecular weight is 296 g/mol. The molecule has 1 saturated carbocycles. The Morgan fingerprint density at radius 2 is 2.10 bits per heavy atom. The summed E-state index contributed by atoms with van der Waals surface area (Å²) in [7, 11) is 0. The molecule has 2 aromatic heterocycles. The van der Waals surface area contributed by atoms with Crippen molar-refractivity contribution in [1.29, 1.82) is 0 Å². The molecule has 4 nitrogen and oxygen atoms in total. The van der Waals surface area contributed by atoms with Crippen LogP contribution in [0.25, 0.3) is 0 Å². The molecule has 110 valence electrons. The van der Waals surface area contributed by atoms with Gasteiger partial charge in [0.15, 0.2) is 0 Å². The lowest BCUT2D eigenvalue weighted by molar-refractivity contribution is -0.141. The number of aromatic nitrogens is 1. The molecule has 1 amide bonds. The molecule has 1 N–H and O–H groups in total. The van der Waals surface area contributed by atoms with Crippen LogP contribution in [-0.4, -0.2) is 10.9 Å². The molecule has 0 radical (unpaired) electrons. The van der Waals surface area contributed by atoms with Gasteiger partial charge in [0.2, 0.25) is 5.91 Å². The van der Waals surface area contributed by atoms with Crippen LogP contribution in [0.4, 0.5) is 19.0 Å². The van der Waals surface area contributed by atoms with E-state index in [0.29, 0.717) is 12.2 Å². The topological polar surface area (TPSA) is 55.1 Å². The van der Waals surface area contributed by atoms with Crippen molar-refractivity contribution in [3.8, 4) is 0 Å². The number of pyridine rings is 1. The number of carbonyl (C=O) groups is 1. The second-order valence-corrected chi connectivity index (χ2v) is 4.86. The van der Waals surface area contributed by atoms with Crippen LogP contribution in [0.2, 0.25) is 0 Å². The largest absolute Gasteiger partial charge is 0.469 e. The minimum Gasteiger partial charge on any atom is -0.469 e. The van der Waals surface area contributed by atoms with Crippen molar-refractivity contribution in [2.24, 2.45) is 5.92 Å². The van der Waals surface area contributed by atoms with E-state index in [0.717, 1.165) is 6.07 Å². The smallest absolute Gasteiger partial charge is 0.433 e. The zero-order chi connectivity index (χ0) is 15.0. The molecule has 0 unspecified atom stereocenters. The van der Waals surface area contributed by atoms with Gasteiger partial charge in [-0.15, -0.1) is 0 Å². The lowest BCUT2D eigenvalue weighted by Crippen LogP contribution is -2.17. The quantitative estimate of drug-likeness (QED) is 0.944. The second-order valence-electron chi connectivity index (χ2n) is 4.86. The molecule has 1 aliphatic rings. The first-order valence-electron chi connectivity index (χ1n) is 6.33. The zero-order valence-electron chi connectivity index (χ0n) is 10.7. The molecule has 1 aliphatic carbocycles. The van der Waals surface area contributed by atoms with Crippen molar-refractivity contribution in [3.05, 3.63) is 48.0 Å². The number of hydrogen-bond acceptors (Lipinski definition) is 3. The predicted molar refractivity (Wildman–Crippen MR) is 67.4 cm³/mol. The van der Waals surface area contributed by atoms with Crippen molar-refractivity contribution >= 4 is 11.7 Å². The SMILES string of the molecule is O=C(Nc1cccc(C(F)(F)F)n1)[C@@H]1C[C@H]1c1ccco1. The number of carbonyl (C=O) groups excluding carboxylic acids is 1. The molecule has 21 heavy (non-hydrogen) atoms. The zero-order valence-corrected chi connectivity index (χ0v) is 10.7. The van der Waals surface area contributed by atoms with E-state index in [1.807, 2.05) is 0 Å². The van der Waals surface area contributed by atoms with Crippen molar-refractivity contribution in [1.82, 2.24) is 4.98 Å². The van der Waals surface area contributed by atoms with Gasteiger partial charge < -0.3 is 9.73 Å². The molecule has 1 fully saturated rings. The van der Waals surface area contributed by atoms with Gasteiger partial charge in [0.25, 0.3) is 0 Å². The Morgan fingerprint density at radius 1 is 1.29 bits per heavy atom. The normalized spacial score (nSPS) is 21.1. The average Bonchev–Trinajstić information content (AvgIpc) is 3.05. The molecule has 2 aromatic rings. The van der Waals surface area contributed by atoms with E-state index in [-0.39, 0.29) is 23.6 Å². The molecule has 0 spiro atoms. The number of furan rings is 1. The number of halogens is 3. The summed E-state index contributed by atoms with van der Waals surface area (Å²) < 4.78 is 42.8. The third-order valence-corrected chi connectivity index (χ3v) is 3.33. The highest BCUT2D eigenvalue weighted by atomic mass is 19.4. The first-order chi connectivity index (χ1) is 9.95. The molecular weight excluding hydrogens is 285 g/mol. The Morgan fingerprint density at radius 3 is 2.76 bits per heavy atom. The van der Waals surface area contributed by atoms with Crippen molar-refractivity contribution in [3.63, 3.8) is 0 Å². The Hall–Kier alpha value is -2.31. The maximum absolute atomic E-state index is 12.5. The van der Waals surface area contributed by atoms with Gasteiger partial charge in [0.1, 0.15) is 17.3 Å². The number of nitrogens with zero attached hydrogens (tertiary/aromatic N) is 1. The number of amides is 1. The fourth-order valence-corrected chi connectivity index (χ4v) is 2.18. The molecular formula is C14H11F3N2O2. The number of anilines is 1. The van der Waals surface area contributed by atoms with Crippen LogP contribution in [0.5, 0.6) is 0 Å². The van der Waals surface area contributed by atoms with Crippen LogP contribution in [-0.2, 0) is 11.0 Å². The molecule has 7 heteroatoms. The maximum atomic E-state index is 12.5. The summed E-state index contributed by atoms with van der Waals surface area (Å²) in [6.45, 7) is 0. The van der Waals surface area contributed by atoms with Crippen molar-refractivity contribution in [2.45, 2.75) is 18.5 Å². The lowest BCUT2D eigenvalue weighted by atomic mass is 10.2. The molecule has 0 bridgehead atoms. The molecule has 3 rings (SSSR count). The van der Waals surface area contributed by atoms with E-state index < -0.39 is 11.9 Å². The fourth-order valence-electron chi connectivity index (χ4n) is 2.18. The van der Waals surface area contributed by atoms with Crippen LogP contribution < -0.4 is 5.32 Å². The lowest BCUT2D eigenvalue weighted by Gasteiger charge is -2.08. The Bertz CT molecular complexity index is 652. The highest BCUT2D eigenvalue weighted by Crippen LogP contribution is 2.48. The van der Waals surface area contributed by atoms with Gasteiger partial charge in [-0.25, -0.2) is 4.98 Å². The first kappa shape index (κ1) is 13.7. The summed E-state index contributed by atoms with van der Waals surface area (Å²) in [6, 6.07) is 6.91. The summed E-state index contributed by atoms with van der Waals surface area (Å²) in [5, 5.41) is 2.42. The molecule has 0 aromatic carbocycles. The Kier molecular flexibility index (Phi) is 3.19. The second kappa shape index (κ2) is 4.91. The fraction of sp³-hybridized carbons (Fsp3) is 0.286. The Labute approximate surface area is 118 Å². The highest BCUT2D eigenvalue weighted by Gasteiger charge is 2.46. The first-order valence-corrected chi connectivity index (χ1v) is 6.33. The van der Waals surface area contributed by atoms with Crippen molar-refractivity contribution < 1.29 is 22.4 Å². The van der Waals surface area contributed by atoms with Gasteiger partial charge in [-0.2, -0.15) is 13.2 Å². The van der Waals surface area contributed by atoms with Crippen LogP contribution in [0.1, 0.15) is 23.8 Å². The minimum absolute atomic E-state index is 0.00852. The molecule has 2 atom stereocenters. The van der Waals surface area contributed by atoms with E-state index in [1.165, 1.54) is 18.4 Å². The van der Waals surface area contributed by atoms with Gasteiger partial charge in [0.05, 0.1) is 6.26 Å². The van der Waals surface area contributed by atoms with Crippen LogP contribution in [0.3, 0.4) is 0 Å².